The number of likely N-dealkylation sites (N-methyl/N-ethyl adjacent to an activating group) is 1. The second-order valence-electron chi connectivity index (χ2n) is 8.16. The van der Waals surface area contributed by atoms with E-state index in [1.165, 1.54) is 0 Å². The van der Waals surface area contributed by atoms with Gasteiger partial charge in [-0.2, -0.15) is 5.10 Å². The summed E-state index contributed by atoms with van der Waals surface area (Å²) < 4.78 is 1.83. The summed E-state index contributed by atoms with van der Waals surface area (Å²) in [6.45, 7) is 3.73. The van der Waals surface area contributed by atoms with Crippen LogP contribution in [0.4, 0.5) is 0 Å². The summed E-state index contributed by atoms with van der Waals surface area (Å²) >= 11 is 0. The van der Waals surface area contributed by atoms with Crippen molar-refractivity contribution in [1.82, 2.24) is 35.3 Å². The number of pyridine rings is 1. The fourth-order valence-electron chi connectivity index (χ4n) is 4.15. The molecular formula is C22H29N7O2. The number of aromatic amines is 1. The van der Waals surface area contributed by atoms with Gasteiger partial charge in [-0.15, -0.1) is 0 Å². The third kappa shape index (κ3) is 5.11. The number of carbonyl (C=O) groups excluding carboxylic acids is 2. The van der Waals surface area contributed by atoms with Crippen molar-refractivity contribution < 1.29 is 9.59 Å². The van der Waals surface area contributed by atoms with Crippen LogP contribution in [0.1, 0.15) is 35.4 Å². The van der Waals surface area contributed by atoms with E-state index in [0.29, 0.717) is 37.4 Å². The molecule has 1 aliphatic rings. The number of amides is 2. The van der Waals surface area contributed by atoms with E-state index in [9.17, 15) is 9.59 Å². The Balaban J connectivity index is 1.20. The minimum Gasteiger partial charge on any atom is -0.354 e. The van der Waals surface area contributed by atoms with Gasteiger partial charge in [-0.05, 0) is 51.1 Å². The van der Waals surface area contributed by atoms with Crippen LogP contribution in [0.3, 0.4) is 0 Å². The lowest BCUT2D eigenvalue weighted by molar-refractivity contribution is -0.122. The van der Waals surface area contributed by atoms with Crippen LogP contribution in [0.2, 0.25) is 0 Å². The first kappa shape index (κ1) is 21.0. The molecule has 4 rings (SSSR count). The number of likely N-dealkylation sites (tertiary alicyclic amines) is 1. The predicted molar refractivity (Wildman–Crippen MR) is 118 cm³/mol. The number of nitrogens with zero attached hydrogens (tertiary/aromatic N) is 4. The van der Waals surface area contributed by atoms with Crippen molar-refractivity contribution in [3.63, 3.8) is 0 Å². The predicted octanol–water partition coefficient (Wildman–Crippen LogP) is 1.47. The molecule has 1 saturated heterocycles. The Morgan fingerprint density at radius 1 is 1.23 bits per heavy atom. The van der Waals surface area contributed by atoms with Gasteiger partial charge in [0.1, 0.15) is 11.3 Å². The Hall–Kier alpha value is -3.20. The number of rotatable bonds is 8. The van der Waals surface area contributed by atoms with Gasteiger partial charge in [-0.25, -0.2) is 4.98 Å². The van der Waals surface area contributed by atoms with Crippen LogP contribution < -0.4 is 10.6 Å². The highest BCUT2D eigenvalue weighted by molar-refractivity contribution is 5.97. The molecule has 4 heterocycles. The second kappa shape index (κ2) is 9.30. The minimum atomic E-state index is -0.138. The van der Waals surface area contributed by atoms with E-state index in [-0.39, 0.29) is 23.9 Å². The Morgan fingerprint density at radius 2 is 2.06 bits per heavy atom. The lowest BCUT2D eigenvalue weighted by Crippen LogP contribution is -2.42. The van der Waals surface area contributed by atoms with Gasteiger partial charge in [-0.3, -0.25) is 19.2 Å². The van der Waals surface area contributed by atoms with Crippen molar-refractivity contribution in [2.24, 2.45) is 0 Å². The van der Waals surface area contributed by atoms with Crippen LogP contribution in [-0.2, 0) is 11.3 Å². The maximum absolute atomic E-state index is 12.5. The number of nitrogens with one attached hydrogen (secondary N) is 3. The van der Waals surface area contributed by atoms with Gasteiger partial charge in [0, 0.05) is 49.4 Å². The molecule has 31 heavy (non-hydrogen) atoms. The molecule has 3 aromatic rings. The average Bonchev–Trinajstić information content (AvgIpc) is 3.46. The van der Waals surface area contributed by atoms with Gasteiger partial charge in [0.05, 0.1) is 12.2 Å². The topological polar surface area (TPSA) is 108 Å². The molecule has 1 fully saturated rings. The van der Waals surface area contributed by atoms with E-state index in [4.69, 9.17) is 0 Å². The summed E-state index contributed by atoms with van der Waals surface area (Å²) in [5, 5.41) is 11.2. The van der Waals surface area contributed by atoms with E-state index >= 15 is 0 Å². The highest BCUT2D eigenvalue weighted by Gasteiger charge is 2.31. The summed E-state index contributed by atoms with van der Waals surface area (Å²) in [7, 11) is 2.03. The molecule has 0 aliphatic carbocycles. The second-order valence-corrected chi connectivity index (χ2v) is 8.16. The maximum atomic E-state index is 12.5. The summed E-state index contributed by atoms with van der Waals surface area (Å²) in [5.74, 6) is -0.0857. The van der Waals surface area contributed by atoms with Crippen LogP contribution >= 0.6 is 0 Å². The zero-order valence-electron chi connectivity index (χ0n) is 18.0. The first-order valence-corrected chi connectivity index (χ1v) is 10.7. The van der Waals surface area contributed by atoms with E-state index in [0.717, 1.165) is 23.9 Å². The number of hydrogen-bond acceptors (Lipinski definition) is 5. The van der Waals surface area contributed by atoms with Gasteiger partial charge < -0.3 is 15.6 Å². The first-order valence-electron chi connectivity index (χ1n) is 10.7. The molecule has 164 valence electrons. The molecule has 0 radical (unpaired) electrons. The van der Waals surface area contributed by atoms with Crippen molar-refractivity contribution in [3.05, 3.63) is 48.0 Å². The monoisotopic (exact) mass is 423 g/mol. The van der Waals surface area contributed by atoms with E-state index < -0.39 is 0 Å². The van der Waals surface area contributed by atoms with Crippen molar-refractivity contribution in [2.45, 2.75) is 44.8 Å². The molecule has 0 spiro atoms. The number of H-pyrrole nitrogens is 1. The third-order valence-corrected chi connectivity index (χ3v) is 5.98. The Kier molecular flexibility index (Phi) is 6.31. The highest BCUT2D eigenvalue weighted by Crippen LogP contribution is 2.24. The van der Waals surface area contributed by atoms with E-state index in [2.05, 4.69) is 30.6 Å². The highest BCUT2D eigenvalue weighted by atomic mass is 16.2. The first-order chi connectivity index (χ1) is 15.0. The Bertz CT molecular complexity index is 1020. The van der Waals surface area contributed by atoms with E-state index in [1.807, 2.05) is 49.1 Å². The third-order valence-electron chi connectivity index (χ3n) is 5.98. The summed E-state index contributed by atoms with van der Waals surface area (Å²) in [4.78, 5) is 34.3. The van der Waals surface area contributed by atoms with Crippen molar-refractivity contribution in [3.8, 4) is 0 Å². The molecule has 3 aromatic heterocycles. The molecule has 1 aliphatic heterocycles. The van der Waals surface area contributed by atoms with Crippen LogP contribution in [0.25, 0.3) is 11.0 Å². The largest absolute Gasteiger partial charge is 0.354 e. The summed E-state index contributed by atoms with van der Waals surface area (Å²) in [5.41, 5.74) is 2.19. The number of aryl methyl sites for hydroxylation is 1. The number of carbonyl (C=O) groups is 2. The zero-order chi connectivity index (χ0) is 21.8. The quantitative estimate of drug-likeness (QED) is 0.509. The number of fused-ring (bicyclic) bond motifs is 1. The van der Waals surface area contributed by atoms with Crippen LogP contribution in [0.5, 0.6) is 0 Å². The smallest absolute Gasteiger partial charge is 0.267 e. The molecule has 2 atom stereocenters. The van der Waals surface area contributed by atoms with Crippen LogP contribution in [-0.4, -0.2) is 68.7 Å². The zero-order valence-corrected chi connectivity index (χ0v) is 18.0. The molecule has 2 amide bonds. The lowest BCUT2D eigenvalue weighted by atomic mass is 10.1. The lowest BCUT2D eigenvalue weighted by Gasteiger charge is -2.25. The fourth-order valence-corrected chi connectivity index (χ4v) is 4.15. The normalized spacial score (nSPS) is 19.0. The molecule has 9 heteroatoms. The van der Waals surface area contributed by atoms with Gasteiger partial charge in [0.2, 0.25) is 5.91 Å². The number of hydrogen-bond donors (Lipinski definition) is 3. The molecule has 0 bridgehead atoms. The van der Waals surface area contributed by atoms with Crippen molar-refractivity contribution in [2.75, 3.05) is 20.1 Å². The molecule has 0 aromatic carbocycles. The Labute approximate surface area is 181 Å². The molecule has 0 saturated carbocycles. The summed E-state index contributed by atoms with van der Waals surface area (Å²) in [6, 6.07) is 7.94. The van der Waals surface area contributed by atoms with Gasteiger partial charge in [0.15, 0.2) is 0 Å². The van der Waals surface area contributed by atoms with Crippen molar-refractivity contribution >= 4 is 22.8 Å². The number of aromatic nitrogens is 4. The maximum Gasteiger partial charge on any atom is 0.267 e. The molecule has 9 nitrogen and oxygen atoms in total. The SMILES string of the molecule is Cc1ccn(CCNC(=O)C[C@H]2CC[C@@H](CNC(=O)c3cc4cccnc4[nH]3)N2C)n1. The van der Waals surface area contributed by atoms with Gasteiger partial charge in [0.25, 0.3) is 5.91 Å². The molecular weight excluding hydrogens is 394 g/mol. The summed E-state index contributed by atoms with van der Waals surface area (Å²) in [6.07, 6.45) is 5.97. The van der Waals surface area contributed by atoms with E-state index in [1.54, 1.807) is 6.20 Å². The molecule has 3 N–H and O–H groups in total. The minimum absolute atomic E-state index is 0.0518. The van der Waals surface area contributed by atoms with Crippen LogP contribution in [0.15, 0.2) is 36.7 Å². The molecule has 0 unspecified atom stereocenters. The van der Waals surface area contributed by atoms with Gasteiger partial charge in [-0.1, -0.05) is 0 Å². The van der Waals surface area contributed by atoms with Crippen molar-refractivity contribution in [1.29, 1.82) is 0 Å². The standard InChI is InChI=1S/C22H29N7O2/c1-15-7-10-29(27-15)11-9-23-20(30)13-17-5-6-18(28(17)2)14-25-22(31)19-12-16-4-3-8-24-21(16)26-19/h3-4,7-8,10,12,17-18H,5-6,9,11,13-14H2,1-2H3,(H,23,30)(H,24,26)(H,25,31)/t17-,18+/m1/s1. The average molecular weight is 424 g/mol. The Morgan fingerprint density at radius 3 is 2.84 bits per heavy atom. The fraction of sp³-hybridized carbons (Fsp3) is 0.455. The van der Waals surface area contributed by atoms with Gasteiger partial charge >= 0.3 is 0 Å². The van der Waals surface area contributed by atoms with Crippen LogP contribution in [0, 0.1) is 6.92 Å².